The maximum atomic E-state index is 13.0. The Bertz CT molecular complexity index is 913. The second-order valence-corrected chi connectivity index (χ2v) is 9.73. The van der Waals surface area contributed by atoms with E-state index in [9.17, 15) is 36.3 Å². The van der Waals surface area contributed by atoms with Crippen LogP contribution in [-0.2, 0) is 25.8 Å². The van der Waals surface area contributed by atoms with E-state index in [1.165, 1.54) is 0 Å². The highest BCUT2D eigenvalue weighted by Crippen LogP contribution is 2.36. The predicted octanol–water partition coefficient (Wildman–Crippen LogP) is 2.98. The van der Waals surface area contributed by atoms with Gasteiger partial charge >= 0.3 is 12.1 Å². The predicted molar refractivity (Wildman–Crippen MR) is 102 cm³/mol. The van der Waals surface area contributed by atoms with E-state index in [1.54, 1.807) is 13.8 Å². The number of nitrogens with one attached hydrogen (secondary N) is 1. The number of nitrogens with zero attached hydrogens (tertiary/aromatic N) is 1. The van der Waals surface area contributed by atoms with Crippen LogP contribution in [0.4, 0.5) is 13.2 Å². The third-order valence-electron chi connectivity index (χ3n) is 4.94. The molecule has 0 unspecified atom stereocenters. The molecule has 1 aliphatic rings. The number of hydrogen-bond donors (Lipinski definition) is 2. The van der Waals surface area contributed by atoms with Crippen molar-refractivity contribution in [3.63, 3.8) is 0 Å². The fourth-order valence-electron chi connectivity index (χ4n) is 3.17. The van der Waals surface area contributed by atoms with Crippen LogP contribution in [0, 0.1) is 11.8 Å². The summed E-state index contributed by atoms with van der Waals surface area (Å²) >= 11 is 5.54. The van der Waals surface area contributed by atoms with Crippen molar-refractivity contribution in [1.82, 2.24) is 9.62 Å². The Morgan fingerprint density at radius 3 is 2.27 bits per heavy atom. The lowest BCUT2D eigenvalue weighted by Crippen LogP contribution is -2.49. The Labute approximate surface area is 177 Å². The zero-order valence-corrected chi connectivity index (χ0v) is 17.8. The summed E-state index contributed by atoms with van der Waals surface area (Å²) in [6.45, 7) is 3.14. The molecule has 1 aromatic rings. The second kappa shape index (κ2) is 9.11. The molecule has 0 spiro atoms. The first-order valence-electron chi connectivity index (χ1n) is 9.15. The van der Waals surface area contributed by atoms with E-state index in [2.05, 4.69) is 5.32 Å². The van der Waals surface area contributed by atoms with Crippen LogP contribution in [0.15, 0.2) is 23.1 Å². The summed E-state index contributed by atoms with van der Waals surface area (Å²) in [4.78, 5) is 23.0. The molecule has 1 aromatic carbocycles. The van der Waals surface area contributed by atoms with Gasteiger partial charge in [-0.3, -0.25) is 4.79 Å². The van der Waals surface area contributed by atoms with Gasteiger partial charge in [-0.05, 0) is 37.0 Å². The number of halogens is 4. The molecule has 12 heteroatoms. The molecule has 1 heterocycles. The zero-order chi connectivity index (χ0) is 22.9. The topological polar surface area (TPSA) is 104 Å². The smallest absolute Gasteiger partial charge is 0.417 e. The summed E-state index contributed by atoms with van der Waals surface area (Å²) in [5, 5.41) is 11.0. The molecule has 2 rings (SSSR count). The van der Waals surface area contributed by atoms with Crippen LogP contribution in [0.3, 0.4) is 0 Å². The Kier molecular flexibility index (Phi) is 7.41. The third kappa shape index (κ3) is 5.44. The van der Waals surface area contributed by atoms with Gasteiger partial charge < -0.3 is 10.4 Å². The number of carboxylic acid groups (broad SMARTS) is 1. The molecule has 168 valence electrons. The van der Waals surface area contributed by atoms with Crippen LogP contribution in [0.25, 0.3) is 0 Å². The number of carbonyl (C=O) groups is 2. The van der Waals surface area contributed by atoms with Gasteiger partial charge in [0.25, 0.3) is 0 Å². The first-order valence-corrected chi connectivity index (χ1v) is 11.0. The van der Waals surface area contributed by atoms with E-state index < -0.39 is 55.5 Å². The summed E-state index contributed by atoms with van der Waals surface area (Å²) in [6.07, 6.45) is -4.56. The van der Waals surface area contributed by atoms with Crippen molar-refractivity contribution in [2.75, 3.05) is 13.1 Å². The van der Waals surface area contributed by atoms with Gasteiger partial charge in [-0.2, -0.15) is 17.5 Å². The second-order valence-electron chi connectivity index (χ2n) is 7.39. The molecule has 1 aliphatic heterocycles. The molecule has 1 fully saturated rings. The minimum absolute atomic E-state index is 0.0795. The number of hydrogen-bond acceptors (Lipinski definition) is 4. The molecule has 7 nitrogen and oxygen atoms in total. The van der Waals surface area contributed by atoms with E-state index in [0.29, 0.717) is 6.07 Å². The molecule has 1 amide bonds. The van der Waals surface area contributed by atoms with Crippen LogP contribution in [0.5, 0.6) is 0 Å². The lowest BCUT2D eigenvalue weighted by atomic mass is 9.95. The summed E-state index contributed by atoms with van der Waals surface area (Å²) in [7, 11) is -4.21. The number of rotatable bonds is 6. The largest absolute Gasteiger partial charge is 0.480 e. The third-order valence-corrected chi connectivity index (χ3v) is 7.16. The summed E-state index contributed by atoms with van der Waals surface area (Å²) in [5.74, 6) is -2.58. The molecule has 30 heavy (non-hydrogen) atoms. The van der Waals surface area contributed by atoms with E-state index in [-0.39, 0.29) is 31.8 Å². The highest BCUT2D eigenvalue weighted by Gasteiger charge is 2.37. The summed E-state index contributed by atoms with van der Waals surface area (Å²) in [5.41, 5.74) is -1.24. The first-order chi connectivity index (χ1) is 13.7. The number of sulfonamides is 1. The number of piperidine rings is 1. The lowest BCUT2D eigenvalue weighted by Gasteiger charge is -2.31. The van der Waals surface area contributed by atoms with Crippen LogP contribution in [-0.4, -0.2) is 48.8 Å². The summed E-state index contributed by atoms with van der Waals surface area (Å²) < 4.78 is 65.6. The van der Waals surface area contributed by atoms with Gasteiger partial charge in [-0.15, -0.1) is 0 Å². The molecule has 0 aliphatic carbocycles. The van der Waals surface area contributed by atoms with Crippen molar-refractivity contribution in [3.8, 4) is 0 Å². The maximum absolute atomic E-state index is 13.0. The van der Waals surface area contributed by atoms with Crippen molar-refractivity contribution < 1.29 is 36.3 Å². The quantitative estimate of drug-likeness (QED) is 0.665. The van der Waals surface area contributed by atoms with Crippen molar-refractivity contribution in [1.29, 1.82) is 0 Å². The Morgan fingerprint density at radius 1 is 1.23 bits per heavy atom. The van der Waals surface area contributed by atoms with Gasteiger partial charge in [-0.25, -0.2) is 13.2 Å². The lowest BCUT2D eigenvalue weighted by molar-refractivity contribution is -0.144. The van der Waals surface area contributed by atoms with Gasteiger partial charge in [-0.1, -0.05) is 25.4 Å². The van der Waals surface area contributed by atoms with Crippen LogP contribution >= 0.6 is 11.6 Å². The van der Waals surface area contributed by atoms with E-state index >= 15 is 0 Å². The maximum Gasteiger partial charge on any atom is 0.417 e. The number of carbonyl (C=O) groups excluding carboxylic acids is 1. The van der Waals surface area contributed by atoms with E-state index in [0.717, 1.165) is 16.4 Å². The highest BCUT2D eigenvalue weighted by molar-refractivity contribution is 7.89. The van der Waals surface area contributed by atoms with Gasteiger partial charge in [0.15, 0.2) is 0 Å². The number of benzene rings is 1. The Hall–Kier alpha value is -1.85. The monoisotopic (exact) mass is 470 g/mol. The molecule has 0 radical (unpaired) electrons. The van der Waals surface area contributed by atoms with Crippen LogP contribution < -0.4 is 5.32 Å². The first kappa shape index (κ1) is 24.4. The van der Waals surface area contributed by atoms with Crippen molar-refractivity contribution >= 4 is 33.5 Å². The van der Waals surface area contributed by atoms with Gasteiger partial charge in [0.05, 0.1) is 15.5 Å². The number of amides is 1. The molecular weight excluding hydrogens is 449 g/mol. The minimum atomic E-state index is -4.80. The van der Waals surface area contributed by atoms with Gasteiger partial charge in [0.2, 0.25) is 15.9 Å². The standard InChI is InChI=1S/C18H22ClF3N2O5S/c1-10(2)15(17(26)27)23-16(25)11-5-7-24(8-6-11)30(28,29)12-3-4-14(19)13(9-12)18(20,21)22/h3-4,9-11,15H,5-8H2,1-2H3,(H,23,25)(H,26,27)/t15-/m1/s1. The number of aliphatic carboxylic acids is 1. The number of carboxylic acids is 1. The molecule has 0 aromatic heterocycles. The van der Waals surface area contributed by atoms with Crippen LogP contribution in [0.2, 0.25) is 5.02 Å². The Balaban J connectivity index is 2.11. The summed E-state index contributed by atoms with van der Waals surface area (Å²) in [6, 6.07) is 1.33. The molecule has 1 saturated heterocycles. The van der Waals surface area contributed by atoms with Gasteiger partial charge in [0, 0.05) is 19.0 Å². The SMILES string of the molecule is CC(C)[C@@H](NC(=O)C1CCN(S(=O)(=O)c2ccc(Cl)c(C(F)(F)F)c2)CC1)C(=O)O. The number of alkyl halides is 3. The van der Waals surface area contributed by atoms with Gasteiger partial charge in [0.1, 0.15) is 6.04 Å². The van der Waals surface area contributed by atoms with E-state index in [4.69, 9.17) is 11.6 Å². The van der Waals surface area contributed by atoms with Crippen LogP contribution in [0.1, 0.15) is 32.3 Å². The normalized spacial score (nSPS) is 17.7. The molecule has 0 saturated carbocycles. The molecule has 0 bridgehead atoms. The molecule has 1 atom stereocenters. The molecular formula is C18H22ClF3N2O5S. The van der Waals surface area contributed by atoms with Crippen molar-refractivity contribution in [2.24, 2.45) is 11.8 Å². The fourth-order valence-corrected chi connectivity index (χ4v) is 4.90. The zero-order valence-electron chi connectivity index (χ0n) is 16.2. The minimum Gasteiger partial charge on any atom is -0.480 e. The van der Waals surface area contributed by atoms with Crippen molar-refractivity contribution in [2.45, 2.75) is 43.8 Å². The fraction of sp³-hybridized carbons (Fsp3) is 0.556. The van der Waals surface area contributed by atoms with E-state index in [1.807, 2.05) is 0 Å². The molecule has 2 N–H and O–H groups in total. The average Bonchev–Trinajstić information content (AvgIpc) is 2.64. The van der Waals surface area contributed by atoms with Crippen molar-refractivity contribution in [3.05, 3.63) is 28.8 Å². The Morgan fingerprint density at radius 2 is 1.80 bits per heavy atom. The highest BCUT2D eigenvalue weighted by atomic mass is 35.5. The average molecular weight is 471 g/mol.